The van der Waals surface area contributed by atoms with E-state index in [4.69, 9.17) is 16.3 Å². The summed E-state index contributed by atoms with van der Waals surface area (Å²) in [5.41, 5.74) is 1.56. The van der Waals surface area contributed by atoms with Crippen molar-refractivity contribution in [1.29, 1.82) is 0 Å². The monoisotopic (exact) mass is 403 g/mol. The van der Waals surface area contributed by atoms with E-state index in [9.17, 15) is 9.90 Å². The molecule has 2 aromatic carbocycles. The molecule has 0 amide bonds. The van der Waals surface area contributed by atoms with Crippen molar-refractivity contribution in [2.75, 3.05) is 18.2 Å². The third kappa shape index (κ3) is 4.72. The number of carbonyl (C=O) groups is 1. The van der Waals surface area contributed by atoms with Crippen molar-refractivity contribution in [2.45, 2.75) is 11.7 Å². The molecule has 7 nitrogen and oxygen atoms in total. The predicted octanol–water partition coefficient (Wildman–Crippen LogP) is 2.38. The number of hydrogen-bond donors (Lipinski definition) is 1. The minimum atomic E-state index is -1.17. The first kappa shape index (κ1) is 19.1. The Labute approximate surface area is 165 Å². The third-order valence-electron chi connectivity index (χ3n) is 3.66. The van der Waals surface area contributed by atoms with Gasteiger partial charge in [-0.15, -0.1) is 10.2 Å². The van der Waals surface area contributed by atoms with Gasteiger partial charge < -0.3 is 20.0 Å². The number of hydrogen-bond acceptors (Lipinski definition) is 7. The minimum absolute atomic E-state index is 0.216. The van der Waals surface area contributed by atoms with Gasteiger partial charge in [-0.1, -0.05) is 35.5 Å². The number of aromatic nitrogens is 3. The predicted molar refractivity (Wildman–Crippen MR) is 102 cm³/mol. The second-order valence-corrected chi connectivity index (χ2v) is 6.78. The van der Waals surface area contributed by atoms with E-state index in [0.29, 0.717) is 28.3 Å². The van der Waals surface area contributed by atoms with E-state index >= 15 is 0 Å². The van der Waals surface area contributed by atoms with Crippen LogP contribution in [0.25, 0.3) is 5.69 Å². The fourth-order valence-corrected chi connectivity index (χ4v) is 3.29. The number of nitrogens with zero attached hydrogens (tertiary/aromatic N) is 3. The largest absolute Gasteiger partial charge is 0.549 e. The summed E-state index contributed by atoms with van der Waals surface area (Å²) in [5.74, 6) is -0.0564. The molecule has 0 unspecified atom stereocenters. The molecule has 0 aliphatic rings. The first-order chi connectivity index (χ1) is 13.1. The number of thioether (sulfide) groups is 1. The highest BCUT2D eigenvalue weighted by atomic mass is 35.5. The van der Waals surface area contributed by atoms with Crippen molar-refractivity contribution >= 4 is 35.0 Å². The van der Waals surface area contributed by atoms with Crippen LogP contribution >= 0.6 is 23.4 Å². The zero-order chi connectivity index (χ0) is 19.2. The minimum Gasteiger partial charge on any atom is -0.549 e. The molecule has 0 spiro atoms. The van der Waals surface area contributed by atoms with E-state index in [0.717, 1.165) is 23.1 Å². The number of para-hydroxylation sites is 1. The Hall–Kier alpha value is -2.71. The number of aliphatic carboxylic acids is 1. The molecular weight excluding hydrogens is 388 g/mol. The summed E-state index contributed by atoms with van der Waals surface area (Å²) in [6.45, 7) is 0.356. The fraction of sp³-hybridized carbons (Fsp3) is 0.167. The Morgan fingerprint density at radius 3 is 2.63 bits per heavy atom. The van der Waals surface area contributed by atoms with E-state index in [-0.39, 0.29) is 5.75 Å². The van der Waals surface area contributed by atoms with Crippen LogP contribution in [-0.2, 0) is 11.3 Å². The number of ether oxygens (including phenoxy) is 1. The number of carboxylic acid groups (broad SMARTS) is 1. The van der Waals surface area contributed by atoms with Crippen LogP contribution in [-0.4, -0.2) is 33.6 Å². The third-order valence-corrected chi connectivity index (χ3v) is 4.89. The Bertz CT molecular complexity index is 931. The second kappa shape index (κ2) is 8.79. The fourth-order valence-electron chi connectivity index (χ4n) is 2.40. The average Bonchev–Trinajstić information content (AvgIpc) is 3.08. The maximum absolute atomic E-state index is 10.8. The van der Waals surface area contributed by atoms with Gasteiger partial charge in [-0.2, -0.15) is 0 Å². The average molecular weight is 404 g/mol. The van der Waals surface area contributed by atoms with Gasteiger partial charge in [0.1, 0.15) is 5.75 Å². The Kier molecular flexibility index (Phi) is 6.20. The van der Waals surface area contributed by atoms with Gasteiger partial charge in [0.2, 0.25) is 0 Å². The zero-order valence-corrected chi connectivity index (χ0v) is 16.0. The maximum Gasteiger partial charge on any atom is 0.196 e. The SMILES string of the molecule is COc1ccc(-n2c(CNc3ccccc3Cl)nnc2SCC(=O)[O-])cc1. The van der Waals surface area contributed by atoms with E-state index in [2.05, 4.69) is 15.5 Å². The highest BCUT2D eigenvalue weighted by molar-refractivity contribution is 7.99. The number of benzene rings is 2. The lowest BCUT2D eigenvalue weighted by Gasteiger charge is -2.12. The van der Waals surface area contributed by atoms with Crippen LogP contribution in [0.4, 0.5) is 5.69 Å². The van der Waals surface area contributed by atoms with Crippen molar-refractivity contribution in [3.63, 3.8) is 0 Å². The molecule has 0 saturated carbocycles. The smallest absolute Gasteiger partial charge is 0.196 e. The Morgan fingerprint density at radius 1 is 1.22 bits per heavy atom. The topological polar surface area (TPSA) is 92.1 Å². The number of methoxy groups -OCH3 is 1. The summed E-state index contributed by atoms with van der Waals surface area (Å²) in [6, 6.07) is 14.7. The Morgan fingerprint density at radius 2 is 1.96 bits per heavy atom. The summed E-state index contributed by atoms with van der Waals surface area (Å²) in [4.78, 5) is 10.8. The molecular formula is C18H16ClN4O3S-. The second-order valence-electron chi connectivity index (χ2n) is 5.43. The van der Waals surface area contributed by atoms with Crippen LogP contribution in [0.2, 0.25) is 5.02 Å². The quantitative estimate of drug-likeness (QED) is 0.577. The van der Waals surface area contributed by atoms with Gasteiger partial charge >= 0.3 is 0 Å². The van der Waals surface area contributed by atoms with Gasteiger partial charge in [0.05, 0.1) is 30.3 Å². The molecule has 0 radical (unpaired) electrons. The first-order valence-corrected chi connectivity index (χ1v) is 9.34. The molecule has 140 valence electrons. The van der Waals surface area contributed by atoms with Gasteiger partial charge in [0.25, 0.3) is 0 Å². The van der Waals surface area contributed by atoms with Crippen LogP contribution in [0, 0.1) is 0 Å². The lowest BCUT2D eigenvalue weighted by molar-refractivity contribution is -0.301. The molecule has 0 saturated heterocycles. The van der Waals surface area contributed by atoms with Gasteiger partial charge in [0, 0.05) is 11.4 Å². The molecule has 3 aromatic rings. The molecule has 0 aliphatic heterocycles. The van der Waals surface area contributed by atoms with Gasteiger partial charge in [-0.3, -0.25) is 4.57 Å². The Balaban J connectivity index is 1.90. The van der Waals surface area contributed by atoms with Crippen molar-refractivity contribution < 1.29 is 14.6 Å². The van der Waals surface area contributed by atoms with Crippen LogP contribution in [0.3, 0.4) is 0 Å². The first-order valence-electron chi connectivity index (χ1n) is 7.98. The van der Waals surface area contributed by atoms with Gasteiger partial charge in [0.15, 0.2) is 11.0 Å². The number of anilines is 1. The summed E-state index contributed by atoms with van der Waals surface area (Å²) in [6.07, 6.45) is 0. The van der Waals surface area contributed by atoms with E-state index in [1.54, 1.807) is 17.7 Å². The molecule has 9 heteroatoms. The molecule has 1 heterocycles. The summed E-state index contributed by atoms with van der Waals surface area (Å²) in [5, 5.41) is 23.4. The van der Waals surface area contributed by atoms with Crippen LogP contribution in [0.1, 0.15) is 5.82 Å². The number of carbonyl (C=O) groups excluding carboxylic acids is 1. The molecule has 0 bridgehead atoms. The number of nitrogens with one attached hydrogen (secondary N) is 1. The number of halogens is 1. The van der Waals surface area contributed by atoms with E-state index < -0.39 is 5.97 Å². The highest BCUT2D eigenvalue weighted by Crippen LogP contribution is 2.25. The molecule has 0 aliphatic carbocycles. The van der Waals surface area contributed by atoms with Crippen LogP contribution in [0.15, 0.2) is 53.7 Å². The zero-order valence-electron chi connectivity index (χ0n) is 14.4. The summed E-state index contributed by atoms with van der Waals surface area (Å²) in [7, 11) is 1.59. The summed E-state index contributed by atoms with van der Waals surface area (Å²) < 4.78 is 6.97. The van der Waals surface area contributed by atoms with Crippen LogP contribution < -0.4 is 15.2 Å². The lowest BCUT2D eigenvalue weighted by Crippen LogP contribution is -2.24. The van der Waals surface area contributed by atoms with E-state index in [1.807, 2.05) is 42.5 Å². The standard InChI is InChI=1S/C18H17ClN4O3S/c1-26-13-8-6-12(7-9-13)23-16(21-22-18(23)27-11-17(24)25)10-20-15-5-3-2-4-14(15)19/h2-9,20H,10-11H2,1H3,(H,24,25)/p-1. The number of carboxylic acids is 1. The molecule has 1 N–H and O–H groups in total. The van der Waals surface area contributed by atoms with Crippen molar-refractivity contribution in [3.05, 3.63) is 59.4 Å². The summed E-state index contributed by atoms with van der Waals surface area (Å²) >= 11 is 7.22. The molecule has 1 aromatic heterocycles. The van der Waals surface area contributed by atoms with Crippen molar-refractivity contribution in [1.82, 2.24) is 14.8 Å². The molecule has 3 rings (SSSR count). The molecule has 0 fully saturated rings. The van der Waals surface area contributed by atoms with E-state index in [1.165, 1.54) is 0 Å². The maximum atomic E-state index is 10.8. The van der Waals surface area contributed by atoms with Gasteiger partial charge in [-0.25, -0.2) is 0 Å². The van der Waals surface area contributed by atoms with Crippen LogP contribution in [0.5, 0.6) is 5.75 Å². The highest BCUT2D eigenvalue weighted by Gasteiger charge is 2.15. The normalized spacial score (nSPS) is 10.6. The van der Waals surface area contributed by atoms with Crippen molar-refractivity contribution in [3.8, 4) is 11.4 Å². The number of rotatable bonds is 8. The molecule has 27 heavy (non-hydrogen) atoms. The van der Waals surface area contributed by atoms with Gasteiger partial charge in [-0.05, 0) is 36.4 Å². The van der Waals surface area contributed by atoms with Crippen molar-refractivity contribution in [2.24, 2.45) is 0 Å². The molecule has 0 atom stereocenters. The lowest BCUT2D eigenvalue weighted by atomic mass is 10.3.